The average molecular weight is 526 g/mol. The molecule has 0 atom stereocenters. The Bertz CT molecular complexity index is 1240. The van der Waals surface area contributed by atoms with Crippen LogP contribution in [0.1, 0.15) is 59.6 Å². The van der Waals surface area contributed by atoms with Gasteiger partial charge in [-0.1, -0.05) is 77.3 Å². The smallest absolute Gasteiger partial charge is 0.264 e. The van der Waals surface area contributed by atoms with Gasteiger partial charge in [0.2, 0.25) is 0 Å². The maximum Gasteiger partial charge on any atom is 0.264 e. The van der Waals surface area contributed by atoms with E-state index in [4.69, 9.17) is 4.74 Å². The monoisotopic (exact) mass is 525 g/mol. The van der Waals surface area contributed by atoms with E-state index in [0.717, 1.165) is 11.1 Å². The van der Waals surface area contributed by atoms with Crippen molar-refractivity contribution in [1.29, 1.82) is 0 Å². The topological polar surface area (TPSA) is 72.5 Å². The van der Waals surface area contributed by atoms with Gasteiger partial charge in [0.1, 0.15) is 13.8 Å². The molecule has 1 N–H and O–H groups in total. The van der Waals surface area contributed by atoms with Gasteiger partial charge < -0.3 is 4.74 Å². The van der Waals surface area contributed by atoms with E-state index in [0.29, 0.717) is 27.9 Å². The summed E-state index contributed by atoms with van der Waals surface area (Å²) in [7, 11) is -4.53. The van der Waals surface area contributed by atoms with Gasteiger partial charge in [0, 0.05) is 11.1 Å². The molecule has 0 saturated heterocycles. The summed E-state index contributed by atoms with van der Waals surface area (Å²) in [5.74, 6) is 3.36. The number of ether oxygens (including phenoxy) is 1. The van der Waals surface area contributed by atoms with Crippen LogP contribution in [0.3, 0.4) is 0 Å². The Hall–Kier alpha value is -2.82. The Morgan fingerprint density at radius 2 is 1.39 bits per heavy atom. The minimum atomic E-state index is -4.02. The van der Waals surface area contributed by atoms with Crippen molar-refractivity contribution >= 4 is 29.6 Å². The van der Waals surface area contributed by atoms with Crippen LogP contribution in [0.25, 0.3) is 5.57 Å². The minimum Gasteiger partial charge on any atom is -0.497 e. The van der Waals surface area contributed by atoms with Crippen LogP contribution in [0.2, 0.25) is 16.6 Å². The molecule has 0 radical (unpaired) electrons. The molecule has 0 aromatic heterocycles. The molecular formula is C29H39NO4SSi. The van der Waals surface area contributed by atoms with E-state index >= 15 is 0 Å². The number of aryl methyl sites for hydroxylation is 1. The van der Waals surface area contributed by atoms with Gasteiger partial charge in [-0.05, 0) is 60.3 Å². The van der Waals surface area contributed by atoms with E-state index < -0.39 is 24.0 Å². The normalized spacial score (nSPS) is 12.8. The van der Waals surface area contributed by atoms with E-state index in [9.17, 15) is 13.2 Å². The number of rotatable bonds is 8. The molecule has 1 amide bonds. The van der Waals surface area contributed by atoms with Gasteiger partial charge in [0.05, 0.1) is 12.0 Å². The molecule has 2 rings (SSSR count). The number of methoxy groups -OCH3 is 1. The summed E-state index contributed by atoms with van der Waals surface area (Å²) in [6, 6.07) is 13.7. The van der Waals surface area contributed by atoms with Gasteiger partial charge in [-0.2, -0.15) is 0 Å². The Morgan fingerprint density at radius 1 is 0.889 bits per heavy atom. The van der Waals surface area contributed by atoms with Gasteiger partial charge in [-0.3, -0.25) is 4.79 Å². The van der Waals surface area contributed by atoms with Crippen molar-refractivity contribution in [2.45, 2.75) is 76.9 Å². The highest BCUT2D eigenvalue weighted by atomic mass is 32.2. The van der Waals surface area contributed by atoms with Crippen LogP contribution in [0.4, 0.5) is 0 Å². The first kappa shape index (κ1) is 29.4. The fourth-order valence-corrected chi connectivity index (χ4v) is 11.0. The number of benzene rings is 2. The summed E-state index contributed by atoms with van der Waals surface area (Å²) in [5.41, 5.74) is 7.35. The van der Waals surface area contributed by atoms with E-state index in [2.05, 4.69) is 57.7 Å². The first-order valence-corrected chi connectivity index (χ1v) is 16.0. The number of carbonyl (C=O) groups excluding carboxylic acids is 1. The number of carbonyl (C=O) groups is 1. The summed E-state index contributed by atoms with van der Waals surface area (Å²) in [5, 5.41) is 0. The van der Waals surface area contributed by atoms with Crippen molar-refractivity contribution in [3.05, 3.63) is 65.2 Å². The van der Waals surface area contributed by atoms with Gasteiger partial charge in [0.15, 0.2) is 0 Å². The van der Waals surface area contributed by atoms with Crippen LogP contribution in [0.5, 0.6) is 5.75 Å². The zero-order chi connectivity index (χ0) is 27.3. The predicted molar refractivity (Wildman–Crippen MR) is 151 cm³/mol. The molecule has 7 heteroatoms. The van der Waals surface area contributed by atoms with Crippen LogP contribution >= 0.6 is 0 Å². The van der Waals surface area contributed by atoms with E-state index in [1.807, 2.05) is 31.2 Å². The summed E-state index contributed by atoms with van der Waals surface area (Å²) in [6.07, 6.45) is 0. The fourth-order valence-electron chi connectivity index (χ4n) is 4.83. The van der Waals surface area contributed by atoms with Crippen LogP contribution in [-0.4, -0.2) is 29.5 Å². The maximum atomic E-state index is 13.2. The highest BCUT2D eigenvalue weighted by molar-refractivity contribution is 7.90. The van der Waals surface area contributed by atoms with E-state index in [-0.39, 0.29) is 10.5 Å². The second-order valence-electron chi connectivity index (χ2n) is 10.1. The predicted octanol–water partition coefficient (Wildman–Crippen LogP) is 6.50. The molecule has 0 aliphatic heterocycles. The Balaban J connectivity index is 2.65. The van der Waals surface area contributed by atoms with Crippen molar-refractivity contribution in [2.75, 3.05) is 7.11 Å². The quantitative estimate of drug-likeness (QED) is 0.242. The number of nitrogens with one attached hydrogen (secondary N) is 1. The SMILES string of the molecule is COc1ccc(/C(C#C[Si](C(C)C)(C(C)C)C(C)C)=C(\C)C(=O)NS(=O)(=O)c2ccc(C)cc2)cc1. The van der Waals surface area contributed by atoms with Gasteiger partial charge in [-0.15, -0.1) is 5.54 Å². The number of sulfonamides is 1. The van der Waals surface area contributed by atoms with Crippen LogP contribution in [0, 0.1) is 18.4 Å². The molecule has 0 fully saturated rings. The van der Waals surface area contributed by atoms with Gasteiger partial charge in [0.25, 0.3) is 15.9 Å². The lowest BCUT2D eigenvalue weighted by atomic mass is 10.0. The zero-order valence-corrected chi connectivity index (χ0v) is 24.7. The average Bonchev–Trinajstić information content (AvgIpc) is 2.81. The summed E-state index contributed by atoms with van der Waals surface area (Å²) < 4.78 is 33.3. The molecule has 2 aromatic carbocycles. The molecular weight excluding hydrogens is 486 g/mol. The van der Waals surface area contributed by atoms with Crippen LogP contribution < -0.4 is 9.46 Å². The number of amides is 1. The van der Waals surface area contributed by atoms with Crippen molar-refractivity contribution in [2.24, 2.45) is 0 Å². The molecule has 2 aromatic rings. The Morgan fingerprint density at radius 3 is 1.83 bits per heavy atom. The molecule has 0 heterocycles. The third-order valence-electron chi connectivity index (χ3n) is 6.92. The molecule has 0 aliphatic rings. The van der Waals surface area contributed by atoms with Gasteiger partial charge in [-0.25, -0.2) is 13.1 Å². The molecule has 0 saturated carbocycles. The first-order valence-electron chi connectivity index (χ1n) is 12.3. The summed E-state index contributed by atoms with van der Waals surface area (Å²) >= 11 is 0. The van der Waals surface area contributed by atoms with Crippen molar-refractivity contribution in [3.63, 3.8) is 0 Å². The number of hydrogen-bond donors (Lipinski definition) is 1. The van der Waals surface area contributed by atoms with Crippen molar-refractivity contribution < 1.29 is 17.9 Å². The standard InChI is InChI=1S/C29H39NO4SSi/c1-20(2)36(21(3)4,22(5)6)19-18-28(25-12-14-26(34-9)15-13-25)24(8)29(31)30-35(32,33)27-16-10-23(7)11-17-27/h10-17,20-22H,1-9H3,(H,30,31)/b28-24+. The Kier molecular flexibility index (Phi) is 9.75. The van der Waals surface area contributed by atoms with E-state index in [1.165, 1.54) is 12.1 Å². The molecule has 0 bridgehead atoms. The molecule has 0 spiro atoms. The molecule has 194 valence electrons. The third kappa shape index (κ3) is 6.48. The zero-order valence-electron chi connectivity index (χ0n) is 22.9. The molecule has 0 aliphatic carbocycles. The highest BCUT2D eigenvalue weighted by Crippen LogP contribution is 2.41. The third-order valence-corrected chi connectivity index (χ3v) is 14.6. The second-order valence-corrected chi connectivity index (χ2v) is 17.4. The highest BCUT2D eigenvalue weighted by Gasteiger charge is 2.41. The number of hydrogen-bond acceptors (Lipinski definition) is 4. The van der Waals surface area contributed by atoms with E-state index in [1.54, 1.807) is 26.2 Å². The maximum absolute atomic E-state index is 13.2. The lowest BCUT2D eigenvalue weighted by molar-refractivity contribution is -0.115. The lowest BCUT2D eigenvalue weighted by Crippen LogP contribution is -2.43. The summed E-state index contributed by atoms with van der Waals surface area (Å²) in [4.78, 5) is 13.3. The minimum absolute atomic E-state index is 0.0391. The molecule has 0 unspecified atom stereocenters. The van der Waals surface area contributed by atoms with Crippen molar-refractivity contribution in [3.8, 4) is 17.2 Å². The van der Waals surface area contributed by atoms with Crippen LogP contribution in [0.15, 0.2) is 59.0 Å². The lowest BCUT2D eigenvalue weighted by Gasteiger charge is -2.38. The first-order chi connectivity index (χ1) is 16.8. The molecule has 36 heavy (non-hydrogen) atoms. The largest absolute Gasteiger partial charge is 0.497 e. The summed E-state index contributed by atoms with van der Waals surface area (Å²) in [6.45, 7) is 16.9. The van der Waals surface area contributed by atoms with Crippen molar-refractivity contribution in [1.82, 2.24) is 4.72 Å². The van der Waals surface area contributed by atoms with Crippen LogP contribution in [-0.2, 0) is 14.8 Å². The Labute approximate surface area is 218 Å². The number of allylic oxidation sites excluding steroid dienone is 1. The molecule has 5 nitrogen and oxygen atoms in total. The second kappa shape index (κ2) is 11.9. The van der Waals surface area contributed by atoms with Gasteiger partial charge >= 0.3 is 0 Å². The fraction of sp³-hybridized carbons (Fsp3) is 0.414.